The lowest BCUT2D eigenvalue weighted by Gasteiger charge is -2.61. The number of fused-ring (bicyclic) bond motifs is 5. The molecule has 0 bridgehead atoms. The molecule has 152 valence electrons. The maximum atomic E-state index is 10.5. The molecule has 4 rings (SSSR count). The van der Waals surface area contributed by atoms with Gasteiger partial charge in [-0.1, -0.05) is 27.2 Å². The highest BCUT2D eigenvalue weighted by atomic mass is 35.5. The van der Waals surface area contributed by atoms with Crippen LogP contribution in [-0.4, -0.2) is 17.8 Å². The van der Waals surface area contributed by atoms with Crippen molar-refractivity contribution in [3.8, 4) is 0 Å². The Kier molecular flexibility index (Phi) is 6.09. The molecule has 3 heteroatoms. The summed E-state index contributed by atoms with van der Waals surface area (Å²) in [6, 6.07) is 0. The molecule has 4 fully saturated rings. The standard InChI is InChI=1S/C23H41NO.ClH/c1-4-15-9-11-22(2)16(13-15)5-6-17-18-7-8-20(21(25)14-24)23(18,3)12-10-19(17)22;/h15-21,25H,4-14,24H2,1-3H3;1H/t15-,16+,17+,18+,19+,20-,21?,22+,23+;/m1./s1. The van der Waals surface area contributed by atoms with Gasteiger partial charge in [0.2, 0.25) is 0 Å². The molecule has 2 nitrogen and oxygen atoms in total. The van der Waals surface area contributed by atoms with Gasteiger partial charge >= 0.3 is 0 Å². The van der Waals surface area contributed by atoms with E-state index in [4.69, 9.17) is 5.73 Å². The Morgan fingerprint density at radius 1 is 0.962 bits per heavy atom. The predicted molar refractivity (Wildman–Crippen MR) is 111 cm³/mol. The van der Waals surface area contributed by atoms with Crippen LogP contribution in [0.1, 0.15) is 85.0 Å². The number of nitrogens with two attached hydrogens (primary N) is 1. The van der Waals surface area contributed by atoms with Crippen LogP contribution < -0.4 is 5.73 Å². The van der Waals surface area contributed by atoms with Gasteiger partial charge in [0.1, 0.15) is 0 Å². The van der Waals surface area contributed by atoms with E-state index in [0.29, 0.717) is 23.3 Å². The molecular formula is C23H42ClNO. The minimum Gasteiger partial charge on any atom is -0.392 e. The van der Waals surface area contributed by atoms with Crippen LogP contribution in [0.25, 0.3) is 0 Å². The van der Waals surface area contributed by atoms with E-state index in [0.717, 1.165) is 29.6 Å². The summed E-state index contributed by atoms with van der Waals surface area (Å²) in [5.41, 5.74) is 6.81. The number of hydrogen-bond acceptors (Lipinski definition) is 2. The first-order valence-corrected chi connectivity index (χ1v) is 11.3. The highest BCUT2D eigenvalue weighted by Gasteiger charge is 2.60. The summed E-state index contributed by atoms with van der Waals surface area (Å²) in [4.78, 5) is 0. The lowest BCUT2D eigenvalue weighted by molar-refractivity contribution is -0.125. The summed E-state index contributed by atoms with van der Waals surface area (Å²) < 4.78 is 0. The molecule has 0 aromatic rings. The Labute approximate surface area is 167 Å². The maximum absolute atomic E-state index is 10.5. The van der Waals surface area contributed by atoms with Crippen LogP contribution in [0.3, 0.4) is 0 Å². The van der Waals surface area contributed by atoms with Gasteiger partial charge in [0.15, 0.2) is 0 Å². The third-order valence-electron chi connectivity index (χ3n) is 10.1. The quantitative estimate of drug-likeness (QED) is 0.684. The van der Waals surface area contributed by atoms with Crippen LogP contribution in [-0.2, 0) is 0 Å². The van der Waals surface area contributed by atoms with Crippen molar-refractivity contribution in [3.05, 3.63) is 0 Å². The van der Waals surface area contributed by atoms with Gasteiger partial charge in [-0.15, -0.1) is 12.4 Å². The zero-order chi connectivity index (χ0) is 17.8. The molecule has 0 heterocycles. The average Bonchev–Trinajstić information content (AvgIpc) is 2.97. The molecule has 4 aliphatic carbocycles. The second-order valence-electron chi connectivity index (χ2n) is 10.7. The van der Waals surface area contributed by atoms with Crippen molar-refractivity contribution < 1.29 is 5.11 Å². The Balaban J connectivity index is 0.00000196. The SMILES string of the molecule is CC[C@@H]1CC[C@@]2(C)[C@@H](CC[C@@H]3[C@@H]2CC[C@]2(C)[C@@H](C(O)CN)CC[C@@H]32)C1.Cl. The summed E-state index contributed by atoms with van der Waals surface area (Å²) in [6.07, 6.45) is 13.8. The topological polar surface area (TPSA) is 46.2 Å². The van der Waals surface area contributed by atoms with Crippen molar-refractivity contribution in [1.29, 1.82) is 0 Å². The minimum absolute atomic E-state index is 0. The molecule has 0 saturated heterocycles. The second kappa shape index (κ2) is 7.56. The fourth-order valence-electron chi connectivity index (χ4n) is 8.55. The van der Waals surface area contributed by atoms with E-state index in [1.807, 2.05) is 0 Å². The fourth-order valence-corrected chi connectivity index (χ4v) is 8.55. The monoisotopic (exact) mass is 383 g/mol. The van der Waals surface area contributed by atoms with Crippen LogP contribution >= 0.6 is 12.4 Å². The number of hydrogen-bond donors (Lipinski definition) is 2. The molecule has 9 atom stereocenters. The molecule has 4 aliphatic rings. The molecule has 0 amide bonds. The van der Waals surface area contributed by atoms with Gasteiger partial charge in [0.25, 0.3) is 0 Å². The number of halogens is 1. The van der Waals surface area contributed by atoms with Crippen LogP contribution in [0.5, 0.6) is 0 Å². The molecule has 0 radical (unpaired) electrons. The van der Waals surface area contributed by atoms with E-state index < -0.39 is 0 Å². The molecule has 0 aliphatic heterocycles. The van der Waals surface area contributed by atoms with Crippen molar-refractivity contribution in [2.45, 2.75) is 91.1 Å². The van der Waals surface area contributed by atoms with Gasteiger partial charge < -0.3 is 10.8 Å². The molecular weight excluding hydrogens is 342 g/mol. The molecule has 0 aromatic heterocycles. The third kappa shape index (κ3) is 2.98. The summed E-state index contributed by atoms with van der Waals surface area (Å²) >= 11 is 0. The van der Waals surface area contributed by atoms with Crippen LogP contribution in [0.15, 0.2) is 0 Å². The Morgan fingerprint density at radius 2 is 1.65 bits per heavy atom. The normalized spacial score (nSPS) is 51.6. The van der Waals surface area contributed by atoms with Gasteiger partial charge in [0.05, 0.1) is 6.10 Å². The Morgan fingerprint density at radius 3 is 2.35 bits per heavy atom. The van der Waals surface area contributed by atoms with Gasteiger partial charge in [-0.3, -0.25) is 0 Å². The summed E-state index contributed by atoms with van der Waals surface area (Å²) in [5, 5.41) is 10.5. The van der Waals surface area contributed by atoms with E-state index in [-0.39, 0.29) is 18.5 Å². The third-order valence-corrected chi connectivity index (χ3v) is 10.1. The highest BCUT2D eigenvalue weighted by Crippen LogP contribution is 2.68. The molecule has 1 unspecified atom stereocenters. The Bertz CT molecular complexity index is 499. The first kappa shape index (κ1) is 20.9. The van der Waals surface area contributed by atoms with E-state index in [1.165, 1.54) is 64.2 Å². The molecule has 4 saturated carbocycles. The zero-order valence-corrected chi connectivity index (χ0v) is 18.1. The molecule has 3 N–H and O–H groups in total. The van der Waals surface area contributed by atoms with Crippen molar-refractivity contribution in [2.75, 3.05) is 6.54 Å². The largest absolute Gasteiger partial charge is 0.392 e. The predicted octanol–water partition coefficient (Wildman–Crippen LogP) is 5.41. The van der Waals surface area contributed by atoms with Crippen molar-refractivity contribution >= 4 is 12.4 Å². The lowest BCUT2D eigenvalue weighted by Crippen LogP contribution is -2.54. The van der Waals surface area contributed by atoms with Crippen LogP contribution in [0.4, 0.5) is 0 Å². The number of rotatable bonds is 3. The Hall–Kier alpha value is 0.210. The van der Waals surface area contributed by atoms with Crippen molar-refractivity contribution in [2.24, 2.45) is 52.1 Å². The number of aliphatic hydroxyl groups is 1. The van der Waals surface area contributed by atoms with Gasteiger partial charge in [-0.25, -0.2) is 0 Å². The molecule has 26 heavy (non-hydrogen) atoms. The van der Waals surface area contributed by atoms with Gasteiger partial charge in [0, 0.05) is 6.54 Å². The number of aliphatic hydroxyl groups excluding tert-OH is 1. The zero-order valence-electron chi connectivity index (χ0n) is 17.3. The average molecular weight is 384 g/mol. The maximum Gasteiger partial charge on any atom is 0.0695 e. The van der Waals surface area contributed by atoms with E-state index in [2.05, 4.69) is 20.8 Å². The van der Waals surface area contributed by atoms with Crippen molar-refractivity contribution in [3.63, 3.8) is 0 Å². The smallest absolute Gasteiger partial charge is 0.0695 e. The van der Waals surface area contributed by atoms with E-state index in [1.54, 1.807) is 0 Å². The van der Waals surface area contributed by atoms with E-state index in [9.17, 15) is 5.11 Å². The summed E-state index contributed by atoms with van der Waals surface area (Å²) in [6.45, 7) is 8.02. The molecule has 0 aromatic carbocycles. The van der Waals surface area contributed by atoms with Gasteiger partial charge in [-0.2, -0.15) is 0 Å². The first-order chi connectivity index (χ1) is 11.9. The van der Waals surface area contributed by atoms with Crippen LogP contribution in [0, 0.1) is 46.3 Å². The lowest BCUT2D eigenvalue weighted by atomic mass is 9.44. The highest BCUT2D eigenvalue weighted by molar-refractivity contribution is 5.85. The second-order valence-corrected chi connectivity index (χ2v) is 10.7. The minimum atomic E-state index is -0.279. The first-order valence-electron chi connectivity index (χ1n) is 11.3. The summed E-state index contributed by atoms with van der Waals surface area (Å²) in [5.74, 6) is 5.16. The van der Waals surface area contributed by atoms with E-state index >= 15 is 0 Å². The van der Waals surface area contributed by atoms with Gasteiger partial charge in [-0.05, 0) is 104 Å². The fraction of sp³-hybridized carbons (Fsp3) is 1.00. The van der Waals surface area contributed by atoms with Crippen molar-refractivity contribution in [1.82, 2.24) is 0 Å². The molecule has 0 spiro atoms. The summed E-state index contributed by atoms with van der Waals surface area (Å²) in [7, 11) is 0. The van der Waals surface area contributed by atoms with Crippen LogP contribution in [0.2, 0.25) is 0 Å².